The summed E-state index contributed by atoms with van der Waals surface area (Å²) < 4.78 is 6.27. The Bertz CT molecular complexity index is 3230. The Morgan fingerprint density at radius 1 is 0.302 bits per heavy atom. The Balaban J connectivity index is 1.10. The van der Waals surface area contributed by atoms with E-state index in [9.17, 15) is 0 Å². The van der Waals surface area contributed by atoms with Crippen molar-refractivity contribution in [3.05, 3.63) is 176 Å². The quantitative estimate of drug-likeness (QED) is 0.174. The second-order valence-electron chi connectivity index (χ2n) is 13.6. The number of hydrogen-bond acceptors (Lipinski definition) is 4. The first-order chi connectivity index (χ1) is 26.2. The number of hydrogen-bond donors (Lipinski definition) is 0. The predicted octanol–water partition coefficient (Wildman–Crippen LogP) is 13.1. The number of rotatable bonds is 4. The Hall–Kier alpha value is -7.17. The van der Waals surface area contributed by atoms with E-state index in [1.54, 1.807) is 0 Å². The number of benzene rings is 9. The lowest BCUT2D eigenvalue weighted by atomic mass is 9.96. The summed E-state index contributed by atoms with van der Waals surface area (Å²) in [5.74, 6) is 1.83. The van der Waals surface area contributed by atoms with Crippen molar-refractivity contribution in [2.45, 2.75) is 0 Å². The van der Waals surface area contributed by atoms with Gasteiger partial charge in [-0.3, -0.25) is 0 Å². The molecule has 0 bridgehead atoms. The largest absolute Gasteiger partial charge is 0.456 e. The van der Waals surface area contributed by atoms with Gasteiger partial charge in [0.2, 0.25) is 0 Å². The topological polar surface area (TPSA) is 51.8 Å². The molecule has 0 saturated carbocycles. The maximum atomic E-state index is 6.27. The standard InChI is InChI=1S/C49H29N3O/c1-2-10-35-28-36(22-18-30(35)8-1)31-16-20-34(21-17-31)47-50-48(52-49(51-47)42-13-7-15-45-46(42)41-12-5-6-14-44(41)53-45)37-23-19-33-25-26-39-38-11-4-3-9-32(38)24-27-40(39)43(33)29-37/h1-29H. The van der Waals surface area contributed by atoms with E-state index >= 15 is 0 Å². The molecule has 0 unspecified atom stereocenters. The molecule has 4 nitrogen and oxygen atoms in total. The molecule has 0 aliphatic carbocycles. The first kappa shape index (κ1) is 29.5. The molecule has 53 heavy (non-hydrogen) atoms. The zero-order valence-corrected chi connectivity index (χ0v) is 28.5. The number of para-hydroxylation sites is 1. The highest BCUT2D eigenvalue weighted by molar-refractivity contribution is 6.18. The summed E-state index contributed by atoms with van der Waals surface area (Å²) in [4.78, 5) is 15.5. The third kappa shape index (κ3) is 4.88. The van der Waals surface area contributed by atoms with Gasteiger partial charge in [-0.15, -0.1) is 0 Å². The number of nitrogens with zero attached hydrogens (tertiary/aromatic N) is 3. The van der Waals surface area contributed by atoms with E-state index in [1.165, 1.54) is 43.3 Å². The second-order valence-corrected chi connectivity index (χ2v) is 13.6. The molecule has 2 aromatic heterocycles. The fourth-order valence-corrected chi connectivity index (χ4v) is 7.85. The maximum Gasteiger partial charge on any atom is 0.164 e. The lowest BCUT2D eigenvalue weighted by Crippen LogP contribution is -2.00. The van der Waals surface area contributed by atoms with Crippen molar-refractivity contribution in [3.8, 4) is 45.3 Å². The molecule has 0 aliphatic rings. The van der Waals surface area contributed by atoms with E-state index < -0.39 is 0 Å². The molecule has 0 spiro atoms. The van der Waals surface area contributed by atoms with Gasteiger partial charge >= 0.3 is 0 Å². The van der Waals surface area contributed by atoms with Gasteiger partial charge in [-0.1, -0.05) is 152 Å². The zero-order chi connectivity index (χ0) is 34.9. The molecular formula is C49H29N3O. The second kappa shape index (κ2) is 11.7. The Morgan fingerprint density at radius 2 is 0.868 bits per heavy atom. The van der Waals surface area contributed by atoms with Crippen LogP contribution >= 0.6 is 0 Å². The smallest absolute Gasteiger partial charge is 0.164 e. The van der Waals surface area contributed by atoms with E-state index in [4.69, 9.17) is 19.4 Å². The third-order valence-electron chi connectivity index (χ3n) is 10.5. The average molecular weight is 676 g/mol. The van der Waals surface area contributed by atoms with Crippen LogP contribution < -0.4 is 0 Å². The maximum absolute atomic E-state index is 6.27. The van der Waals surface area contributed by atoms with Gasteiger partial charge in [0.05, 0.1) is 0 Å². The molecule has 4 heteroatoms. The summed E-state index contributed by atoms with van der Waals surface area (Å²) >= 11 is 0. The minimum atomic E-state index is 0.602. The van der Waals surface area contributed by atoms with Gasteiger partial charge in [0.1, 0.15) is 11.2 Å². The van der Waals surface area contributed by atoms with Crippen LogP contribution in [0.4, 0.5) is 0 Å². The molecule has 0 radical (unpaired) electrons. The highest BCUT2D eigenvalue weighted by Gasteiger charge is 2.18. The molecule has 0 saturated heterocycles. The summed E-state index contributed by atoms with van der Waals surface area (Å²) in [6.07, 6.45) is 0. The molecule has 0 fully saturated rings. The van der Waals surface area contributed by atoms with Crippen molar-refractivity contribution in [1.29, 1.82) is 0 Å². The van der Waals surface area contributed by atoms with Crippen LogP contribution in [0.1, 0.15) is 0 Å². The third-order valence-corrected chi connectivity index (χ3v) is 10.5. The minimum absolute atomic E-state index is 0.602. The van der Waals surface area contributed by atoms with Crippen LogP contribution in [0.3, 0.4) is 0 Å². The van der Waals surface area contributed by atoms with Crippen LogP contribution in [0, 0.1) is 0 Å². The first-order valence-corrected chi connectivity index (χ1v) is 17.8. The van der Waals surface area contributed by atoms with Crippen LogP contribution in [-0.4, -0.2) is 15.0 Å². The molecule has 246 valence electrons. The van der Waals surface area contributed by atoms with Crippen LogP contribution in [0.5, 0.6) is 0 Å². The molecule has 0 aliphatic heterocycles. The van der Waals surface area contributed by atoms with Gasteiger partial charge in [-0.2, -0.15) is 0 Å². The van der Waals surface area contributed by atoms with Crippen molar-refractivity contribution >= 4 is 65.0 Å². The summed E-state index contributed by atoms with van der Waals surface area (Å²) in [5.41, 5.74) is 6.70. The Kier molecular flexibility index (Phi) is 6.52. The van der Waals surface area contributed by atoms with E-state index in [2.05, 4.69) is 146 Å². The van der Waals surface area contributed by atoms with Crippen LogP contribution in [0.15, 0.2) is 180 Å². The zero-order valence-electron chi connectivity index (χ0n) is 28.5. The predicted molar refractivity (Wildman–Crippen MR) is 219 cm³/mol. The summed E-state index contributed by atoms with van der Waals surface area (Å²) in [5, 5.41) is 11.7. The molecule has 2 heterocycles. The molecule has 11 aromatic rings. The van der Waals surface area contributed by atoms with Crippen molar-refractivity contribution < 1.29 is 4.42 Å². The molecule has 11 rings (SSSR count). The SMILES string of the molecule is c1ccc2cc(-c3ccc(-c4nc(-c5ccc6ccc7c8ccccc8ccc7c6c5)nc(-c5cccc6oc7ccccc7c56)n4)cc3)ccc2c1. The van der Waals surface area contributed by atoms with Crippen molar-refractivity contribution in [3.63, 3.8) is 0 Å². The lowest BCUT2D eigenvalue weighted by molar-refractivity contribution is 0.669. The molecule has 0 N–H and O–H groups in total. The van der Waals surface area contributed by atoms with E-state index in [0.29, 0.717) is 17.5 Å². The molecular weight excluding hydrogens is 647 g/mol. The van der Waals surface area contributed by atoms with E-state index in [0.717, 1.165) is 49.6 Å². The summed E-state index contributed by atoms with van der Waals surface area (Å²) in [6, 6.07) is 61.8. The van der Waals surface area contributed by atoms with E-state index in [-0.39, 0.29) is 0 Å². The minimum Gasteiger partial charge on any atom is -0.456 e. The van der Waals surface area contributed by atoms with Gasteiger partial charge < -0.3 is 4.42 Å². The normalized spacial score (nSPS) is 11.8. The van der Waals surface area contributed by atoms with Crippen LogP contribution in [0.25, 0.3) is 110 Å². The van der Waals surface area contributed by atoms with Crippen molar-refractivity contribution in [2.24, 2.45) is 0 Å². The molecule has 9 aromatic carbocycles. The van der Waals surface area contributed by atoms with Gasteiger partial charge in [0.25, 0.3) is 0 Å². The Labute approximate surface area is 304 Å². The first-order valence-electron chi connectivity index (χ1n) is 17.8. The highest BCUT2D eigenvalue weighted by Crippen LogP contribution is 2.38. The number of fused-ring (bicyclic) bond motifs is 9. The number of aromatic nitrogens is 3. The summed E-state index contributed by atoms with van der Waals surface area (Å²) in [6.45, 7) is 0. The van der Waals surface area contributed by atoms with Gasteiger partial charge in [-0.05, 0) is 78.5 Å². The lowest BCUT2D eigenvalue weighted by Gasteiger charge is -2.12. The fourth-order valence-electron chi connectivity index (χ4n) is 7.85. The average Bonchev–Trinajstić information content (AvgIpc) is 3.62. The molecule has 0 amide bonds. The van der Waals surface area contributed by atoms with Gasteiger partial charge in [0.15, 0.2) is 17.5 Å². The highest BCUT2D eigenvalue weighted by atomic mass is 16.3. The summed E-state index contributed by atoms with van der Waals surface area (Å²) in [7, 11) is 0. The molecule has 0 atom stereocenters. The fraction of sp³-hybridized carbons (Fsp3) is 0. The van der Waals surface area contributed by atoms with Crippen molar-refractivity contribution in [2.75, 3.05) is 0 Å². The Morgan fingerprint density at radius 3 is 1.72 bits per heavy atom. The number of furan rings is 1. The van der Waals surface area contributed by atoms with Crippen LogP contribution in [-0.2, 0) is 0 Å². The van der Waals surface area contributed by atoms with Gasteiger partial charge in [-0.25, -0.2) is 15.0 Å². The van der Waals surface area contributed by atoms with Crippen LogP contribution in [0.2, 0.25) is 0 Å². The monoisotopic (exact) mass is 675 g/mol. The van der Waals surface area contributed by atoms with Crippen molar-refractivity contribution in [1.82, 2.24) is 15.0 Å². The van der Waals surface area contributed by atoms with Gasteiger partial charge in [0, 0.05) is 27.5 Å². The van der Waals surface area contributed by atoms with E-state index in [1.807, 2.05) is 30.3 Å².